The highest BCUT2D eigenvalue weighted by molar-refractivity contribution is 6.24. The van der Waals surface area contributed by atoms with Gasteiger partial charge < -0.3 is 0 Å². The molecule has 0 bridgehead atoms. The molecule has 0 aliphatic carbocycles. The van der Waals surface area contributed by atoms with Crippen LogP contribution in [0.25, 0.3) is 83.0 Å². The molecule has 0 atom stereocenters. The zero-order chi connectivity index (χ0) is 38.0. The molecule has 0 aliphatic rings. The van der Waals surface area contributed by atoms with Gasteiger partial charge in [0.1, 0.15) is 26.8 Å². The van der Waals surface area contributed by atoms with Crippen molar-refractivity contribution < 1.29 is 18.3 Å². The molecule has 268 valence electrons. The van der Waals surface area contributed by atoms with Gasteiger partial charge in [0.15, 0.2) is 48.2 Å². The van der Waals surface area contributed by atoms with Gasteiger partial charge in [-0.1, -0.05) is 57.2 Å². The molecule has 0 saturated heterocycles. The van der Waals surface area contributed by atoms with E-state index in [1.54, 1.807) is 0 Å². The lowest BCUT2D eigenvalue weighted by molar-refractivity contribution is -0.671. The van der Waals surface area contributed by atoms with Gasteiger partial charge in [0.05, 0.1) is 12.6 Å². The van der Waals surface area contributed by atoms with Gasteiger partial charge in [-0.3, -0.25) is 0 Å². The van der Waals surface area contributed by atoms with Crippen LogP contribution in [-0.4, -0.2) is 4.57 Å². The topological polar surface area (TPSA) is 20.4 Å². The molecule has 5 heteroatoms. The van der Waals surface area contributed by atoms with Crippen molar-refractivity contribution in [1.29, 1.82) is 0 Å². The molecule has 0 amide bonds. The number of rotatable bonds is 5. The Hall–Kier alpha value is -6.46. The van der Waals surface area contributed by atoms with Crippen LogP contribution in [0.15, 0.2) is 159 Å². The molecule has 0 saturated carbocycles. The fourth-order valence-electron chi connectivity index (χ4n) is 8.07. The Kier molecular flexibility index (Phi) is 8.20. The highest BCUT2D eigenvalue weighted by Gasteiger charge is 2.31. The smallest absolute Gasteiger partial charge is 0.225 e. The van der Waals surface area contributed by atoms with Crippen molar-refractivity contribution in [2.45, 2.75) is 26.2 Å². The second-order valence-electron chi connectivity index (χ2n) is 16.1. The van der Waals surface area contributed by atoms with Crippen LogP contribution in [0.5, 0.6) is 0 Å². The first-order valence-corrected chi connectivity index (χ1v) is 19.1. The summed E-state index contributed by atoms with van der Waals surface area (Å²) < 4.78 is 11.1. The molecular formula is C50H47N5+4. The monoisotopic (exact) mass is 717 g/mol. The maximum absolute atomic E-state index is 2.49. The van der Waals surface area contributed by atoms with Crippen LogP contribution in [0.2, 0.25) is 0 Å². The van der Waals surface area contributed by atoms with Crippen LogP contribution >= 0.6 is 0 Å². The van der Waals surface area contributed by atoms with Crippen LogP contribution in [-0.2, 0) is 33.6 Å². The summed E-state index contributed by atoms with van der Waals surface area (Å²) in [6.07, 6.45) is 12.7. The number of benzene rings is 5. The number of aromatic nitrogens is 5. The van der Waals surface area contributed by atoms with E-state index in [0.29, 0.717) is 0 Å². The first-order chi connectivity index (χ1) is 26.5. The number of hydrogen-bond acceptors (Lipinski definition) is 0. The summed E-state index contributed by atoms with van der Waals surface area (Å²) >= 11 is 0. The van der Waals surface area contributed by atoms with Gasteiger partial charge in [0.25, 0.3) is 5.82 Å². The van der Waals surface area contributed by atoms with Gasteiger partial charge >= 0.3 is 0 Å². The summed E-state index contributed by atoms with van der Waals surface area (Å²) in [6.45, 7) is 6.83. The Labute approximate surface area is 323 Å². The average Bonchev–Trinajstić information content (AvgIpc) is 3.51. The third-order valence-electron chi connectivity index (χ3n) is 11.2. The third kappa shape index (κ3) is 6.06. The Bertz CT molecular complexity index is 2880. The predicted molar refractivity (Wildman–Crippen MR) is 223 cm³/mol. The van der Waals surface area contributed by atoms with Crippen molar-refractivity contribution in [3.05, 3.63) is 164 Å². The zero-order valence-corrected chi connectivity index (χ0v) is 32.7. The van der Waals surface area contributed by atoms with E-state index in [1.807, 2.05) is 0 Å². The van der Waals surface area contributed by atoms with Crippen LogP contribution in [0, 0.1) is 0 Å². The molecule has 55 heavy (non-hydrogen) atoms. The third-order valence-corrected chi connectivity index (χ3v) is 11.2. The maximum Gasteiger partial charge on any atom is 0.294 e. The summed E-state index contributed by atoms with van der Waals surface area (Å²) in [5, 5.41) is 4.93. The number of fused-ring (bicyclic) bond motifs is 6. The second kappa shape index (κ2) is 13.1. The van der Waals surface area contributed by atoms with Crippen LogP contribution < -0.4 is 18.3 Å². The molecule has 4 heterocycles. The standard InChI is InChI=1S/C50H47N5/c1-50(2,3)41-14-16-42(17-15-41)55-48-44-19-13-40(37-24-30-53(6)31-25-37)33-46(44)45-32-39(36-22-28-52(5)29-23-36)12-18-43(45)47(48)54(7)49(55)38-10-8-34(9-11-38)35-20-26-51(4)27-21-35/h8-33H,1-7H3/q+4. The Balaban J connectivity index is 1.37. The number of imidazole rings is 1. The minimum atomic E-state index is 0.0523. The molecule has 0 aliphatic heterocycles. The largest absolute Gasteiger partial charge is 0.294 e. The first-order valence-electron chi connectivity index (χ1n) is 19.1. The molecule has 0 unspecified atom stereocenters. The summed E-state index contributed by atoms with van der Waals surface area (Å²) in [6, 6.07) is 45.5. The number of pyridine rings is 3. The highest BCUT2D eigenvalue weighted by Crippen LogP contribution is 2.41. The maximum atomic E-state index is 2.49. The molecule has 0 radical (unpaired) electrons. The zero-order valence-electron chi connectivity index (χ0n) is 32.7. The lowest BCUT2D eigenvalue weighted by Crippen LogP contribution is -2.30. The van der Waals surface area contributed by atoms with E-state index in [2.05, 4.69) is 230 Å². The summed E-state index contributed by atoms with van der Waals surface area (Å²) in [5.74, 6) is 1.14. The molecule has 0 spiro atoms. The van der Waals surface area contributed by atoms with E-state index in [1.165, 1.54) is 71.5 Å². The van der Waals surface area contributed by atoms with Gasteiger partial charge in [-0.25, -0.2) is 18.3 Å². The van der Waals surface area contributed by atoms with E-state index in [0.717, 1.165) is 17.1 Å². The first kappa shape index (κ1) is 34.3. The molecule has 5 aromatic carbocycles. The van der Waals surface area contributed by atoms with Gasteiger partial charge in [0, 0.05) is 47.2 Å². The molecule has 9 rings (SSSR count). The van der Waals surface area contributed by atoms with Crippen molar-refractivity contribution in [2.75, 3.05) is 0 Å². The number of hydrogen-bond donors (Lipinski definition) is 0. The fourth-order valence-corrected chi connectivity index (χ4v) is 8.07. The van der Waals surface area contributed by atoms with E-state index < -0.39 is 0 Å². The SMILES string of the molecule is C[n+]1ccc(-c2ccc(-c3n(-c4ccc(C(C)(C)C)cc4)c4c5ccc(-c6cc[n+](C)cc6)cc5c5cc(-c6cc[n+](C)cc6)ccc5c4[n+]3C)cc2)cc1. The summed E-state index contributed by atoms with van der Waals surface area (Å²) in [7, 11) is 8.41. The minimum absolute atomic E-state index is 0.0523. The van der Waals surface area contributed by atoms with Crippen molar-refractivity contribution >= 4 is 32.6 Å². The Morgan fingerprint density at radius 2 is 0.800 bits per heavy atom. The van der Waals surface area contributed by atoms with Crippen molar-refractivity contribution in [3.8, 4) is 50.5 Å². The quantitative estimate of drug-likeness (QED) is 0.125. The van der Waals surface area contributed by atoms with Crippen molar-refractivity contribution in [3.63, 3.8) is 0 Å². The number of aryl methyl sites for hydroxylation is 4. The fraction of sp³-hybridized carbons (Fsp3) is 0.160. The van der Waals surface area contributed by atoms with Crippen LogP contribution in [0.3, 0.4) is 0 Å². The Morgan fingerprint density at radius 3 is 1.29 bits per heavy atom. The molecular weight excluding hydrogens is 671 g/mol. The second-order valence-corrected chi connectivity index (χ2v) is 16.1. The minimum Gasteiger partial charge on any atom is -0.225 e. The van der Waals surface area contributed by atoms with E-state index in [-0.39, 0.29) is 5.41 Å². The van der Waals surface area contributed by atoms with Crippen LogP contribution in [0.4, 0.5) is 0 Å². The van der Waals surface area contributed by atoms with Crippen molar-refractivity contribution in [1.82, 2.24) is 4.57 Å². The highest BCUT2D eigenvalue weighted by atomic mass is 15.2. The lowest BCUT2D eigenvalue weighted by atomic mass is 9.87. The van der Waals surface area contributed by atoms with Gasteiger partial charge in [-0.05, 0) is 104 Å². The van der Waals surface area contributed by atoms with Crippen LogP contribution in [0.1, 0.15) is 26.3 Å². The molecule has 0 N–H and O–H groups in total. The van der Waals surface area contributed by atoms with Gasteiger partial charge in [-0.2, -0.15) is 4.57 Å². The van der Waals surface area contributed by atoms with Gasteiger partial charge in [0.2, 0.25) is 0 Å². The normalized spacial score (nSPS) is 11.9. The molecule has 0 fully saturated rings. The molecule has 9 aromatic rings. The molecule has 5 nitrogen and oxygen atoms in total. The summed E-state index contributed by atoms with van der Waals surface area (Å²) in [4.78, 5) is 0. The Morgan fingerprint density at radius 1 is 0.400 bits per heavy atom. The lowest BCUT2D eigenvalue weighted by Gasteiger charge is -2.19. The predicted octanol–water partition coefficient (Wildman–Crippen LogP) is 9.20. The molecule has 4 aromatic heterocycles. The van der Waals surface area contributed by atoms with E-state index in [4.69, 9.17) is 0 Å². The number of nitrogens with zero attached hydrogens (tertiary/aromatic N) is 5. The van der Waals surface area contributed by atoms with E-state index in [9.17, 15) is 0 Å². The average molecular weight is 718 g/mol. The summed E-state index contributed by atoms with van der Waals surface area (Å²) in [5.41, 5.74) is 13.3. The van der Waals surface area contributed by atoms with E-state index >= 15 is 0 Å². The van der Waals surface area contributed by atoms with Crippen molar-refractivity contribution in [2.24, 2.45) is 28.2 Å². The van der Waals surface area contributed by atoms with Gasteiger partial charge in [-0.15, -0.1) is 0 Å².